The number of hydrogen-bond donors (Lipinski definition) is 6. The maximum absolute atomic E-state index is 15.1. The summed E-state index contributed by atoms with van der Waals surface area (Å²) in [6.45, 7) is 14.9. The Morgan fingerprint density at radius 1 is 0.951 bits per heavy atom. The lowest BCUT2D eigenvalue weighted by Gasteiger charge is -2.58. The molecule has 12 rings (SSSR count). The van der Waals surface area contributed by atoms with E-state index in [2.05, 4.69) is 106 Å². The van der Waals surface area contributed by atoms with Gasteiger partial charge in [-0.1, -0.05) is 38.1 Å². The van der Waals surface area contributed by atoms with E-state index in [1.165, 1.54) is 50.0 Å². The second-order valence-electron chi connectivity index (χ2n) is 23.9. The third kappa shape index (κ3) is 10.9. The lowest BCUT2D eigenvalue weighted by atomic mass is 9.59. The zero-order chi connectivity index (χ0) is 57.1. The van der Waals surface area contributed by atoms with Gasteiger partial charge in [-0.15, -0.1) is 0 Å². The average molecular weight is 1140 g/mol. The number of fused-ring (bicyclic) bond motifs is 3. The molecule has 2 atom stereocenters. The molecule has 434 valence electrons. The Morgan fingerprint density at radius 3 is 2.51 bits per heavy atom. The maximum Gasteiger partial charge on any atom is 0.268 e. The number of pyridine rings is 2. The Labute approximate surface area is 477 Å². The van der Waals surface area contributed by atoms with Crippen molar-refractivity contribution in [3.8, 4) is 28.9 Å². The molecule has 21 heteroatoms. The first-order chi connectivity index (χ1) is 39.5. The first-order valence-electron chi connectivity index (χ1n) is 28.8. The smallest absolute Gasteiger partial charge is 0.268 e. The van der Waals surface area contributed by atoms with E-state index < -0.39 is 27.3 Å². The van der Waals surface area contributed by atoms with E-state index in [1.807, 2.05) is 19.2 Å². The number of imidazole rings is 1. The number of piperidine rings is 1. The zero-order valence-corrected chi connectivity index (χ0v) is 48.3. The third-order valence-corrected chi connectivity index (χ3v) is 19.4. The van der Waals surface area contributed by atoms with E-state index in [4.69, 9.17) is 18.9 Å². The minimum Gasteiger partial charge on any atom is -0.494 e. The number of benzene rings is 3. The first-order valence-corrected chi connectivity index (χ1v) is 30.3. The summed E-state index contributed by atoms with van der Waals surface area (Å²) in [5.41, 5.74) is 5.41. The number of H-pyrrole nitrogens is 2. The fourth-order valence-corrected chi connectivity index (χ4v) is 14.5. The standard InChI is InChI=1S/C61H74FN11O8S/c1-36(2)42-9-7-8-10-43(42)47-34-71(33-39-15-20-63-57-55(39)80-37(3)30-65-57)23-24-73(47)41-28-61(29-41)18-21-72(22-19-61)40-11-12-44(48(25-40)81-50-26-45-46(62)32-66-56(45)69-59(50)79-6)58(74)70-82(76,77)51-27-49(78-5)52(54-53(51)67-35-68-54)64-31-38-13-16-60(4,75)17-14-38/h7-12,15,20,25-27,32,35-38,41,47,64,75H,13-14,16-19,21-24,28-31,33-34H2,1-6H3,(H,63,65)(H,66,69)(H,67,68)(H,70,74)/t37?,38-,47-,60-/m0/s1. The lowest BCUT2D eigenvalue weighted by molar-refractivity contribution is -0.0629. The molecule has 2 aliphatic carbocycles. The van der Waals surface area contributed by atoms with Gasteiger partial charge in [0.1, 0.15) is 45.2 Å². The van der Waals surface area contributed by atoms with Crippen LogP contribution in [0.1, 0.15) is 118 Å². The van der Waals surface area contributed by atoms with E-state index in [1.54, 1.807) is 12.1 Å². The molecule has 2 saturated carbocycles. The van der Waals surface area contributed by atoms with Gasteiger partial charge >= 0.3 is 0 Å². The summed E-state index contributed by atoms with van der Waals surface area (Å²) in [7, 11) is -1.76. The molecule has 7 aromatic rings. The maximum atomic E-state index is 15.1. The van der Waals surface area contributed by atoms with Crippen molar-refractivity contribution in [2.75, 3.05) is 75.6 Å². The van der Waals surface area contributed by atoms with Gasteiger partial charge in [-0.25, -0.2) is 27.5 Å². The van der Waals surface area contributed by atoms with E-state index in [0.29, 0.717) is 42.6 Å². The molecule has 5 aliphatic rings. The number of aromatic nitrogens is 5. The van der Waals surface area contributed by atoms with Crippen LogP contribution in [0.4, 0.5) is 21.6 Å². The van der Waals surface area contributed by atoms with Crippen LogP contribution in [-0.4, -0.2) is 132 Å². The van der Waals surface area contributed by atoms with Crippen LogP contribution in [0, 0.1) is 17.2 Å². The summed E-state index contributed by atoms with van der Waals surface area (Å²) in [6.07, 6.45) is 11.7. The molecule has 1 spiro atoms. The largest absolute Gasteiger partial charge is 0.494 e. The Balaban J connectivity index is 0.773. The molecule has 1 unspecified atom stereocenters. The number of ether oxygens (including phenoxy) is 4. The molecule has 0 bridgehead atoms. The quantitative estimate of drug-likeness (QED) is 0.0530. The lowest BCUT2D eigenvalue weighted by Crippen LogP contribution is -2.60. The van der Waals surface area contributed by atoms with E-state index in [-0.39, 0.29) is 73.6 Å². The second kappa shape index (κ2) is 22.2. The van der Waals surface area contributed by atoms with Crippen molar-refractivity contribution in [1.82, 2.24) is 39.4 Å². The van der Waals surface area contributed by atoms with Crippen LogP contribution in [0.5, 0.6) is 28.9 Å². The van der Waals surface area contributed by atoms with Crippen molar-refractivity contribution in [3.63, 3.8) is 0 Å². The van der Waals surface area contributed by atoms with E-state index in [9.17, 15) is 18.3 Å². The van der Waals surface area contributed by atoms with Crippen molar-refractivity contribution >= 4 is 55.2 Å². The van der Waals surface area contributed by atoms with Crippen molar-refractivity contribution in [1.29, 1.82) is 0 Å². The van der Waals surface area contributed by atoms with Crippen molar-refractivity contribution in [3.05, 3.63) is 107 Å². The molecular formula is C61H74FN11O8S. The molecular weight excluding hydrogens is 1070 g/mol. The summed E-state index contributed by atoms with van der Waals surface area (Å²) >= 11 is 0. The van der Waals surface area contributed by atoms with Gasteiger partial charge in [0.2, 0.25) is 0 Å². The highest BCUT2D eigenvalue weighted by atomic mass is 32.2. The number of carbonyl (C=O) groups is 1. The SMILES string of the molecule is COc1cc(S(=O)(=O)NC(=O)c2ccc(N3CCC4(CC3)CC(N3CCN(Cc5ccnc6c5OC(C)CN6)C[C@H]3c3ccccc3C(C)C)C4)cc2Oc2cc3c(F)c[nH]c3nc2OC)c2nc[nH]c2c1NC[C@H]1CC[C@](C)(O)CC1. The predicted molar refractivity (Wildman–Crippen MR) is 312 cm³/mol. The fraction of sp³-hybridized carbons (Fsp3) is 0.475. The van der Waals surface area contributed by atoms with Crippen molar-refractivity contribution in [2.45, 2.75) is 120 Å². The van der Waals surface area contributed by atoms with Crippen LogP contribution in [0.25, 0.3) is 22.1 Å². The molecule has 6 N–H and O–H groups in total. The number of amides is 1. The first kappa shape index (κ1) is 55.3. The molecule has 3 aliphatic heterocycles. The van der Waals surface area contributed by atoms with E-state index >= 15 is 4.39 Å². The van der Waals surface area contributed by atoms with Gasteiger partial charge in [0, 0.05) is 99.7 Å². The highest BCUT2D eigenvalue weighted by Crippen LogP contribution is 2.54. The van der Waals surface area contributed by atoms with Crippen LogP contribution >= 0.6 is 0 Å². The van der Waals surface area contributed by atoms with Gasteiger partial charge in [0.15, 0.2) is 17.3 Å². The number of sulfonamides is 1. The second-order valence-corrected chi connectivity index (χ2v) is 25.6. The minimum atomic E-state index is -4.62. The molecule has 4 fully saturated rings. The summed E-state index contributed by atoms with van der Waals surface area (Å²) < 4.78 is 70.5. The minimum absolute atomic E-state index is 0.0188. The highest BCUT2D eigenvalue weighted by Gasteiger charge is 2.50. The van der Waals surface area contributed by atoms with Gasteiger partial charge < -0.3 is 49.6 Å². The molecule has 4 aromatic heterocycles. The van der Waals surface area contributed by atoms with Crippen LogP contribution in [0.2, 0.25) is 0 Å². The van der Waals surface area contributed by atoms with Gasteiger partial charge in [-0.05, 0) is 112 Å². The summed E-state index contributed by atoms with van der Waals surface area (Å²) in [6, 6.07) is 19.6. The molecule has 7 heterocycles. The normalized spacial score (nSPS) is 22.4. The number of aliphatic hydroxyl groups is 1. The van der Waals surface area contributed by atoms with Crippen LogP contribution in [0.15, 0.2) is 84.3 Å². The Morgan fingerprint density at radius 2 is 1.74 bits per heavy atom. The zero-order valence-electron chi connectivity index (χ0n) is 47.5. The fourth-order valence-electron chi connectivity index (χ4n) is 13.3. The van der Waals surface area contributed by atoms with Gasteiger partial charge in [-0.2, -0.15) is 4.98 Å². The molecule has 3 aromatic carbocycles. The number of nitrogens with one attached hydrogen (secondary N) is 5. The van der Waals surface area contributed by atoms with Crippen molar-refractivity contribution in [2.24, 2.45) is 11.3 Å². The molecule has 2 saturated heterocycles. The van der Waals surface area contributed by atoms with Crippen molar-refractivity contribution < 1.29 is 41.7 Å². The molecule has 1 amide bonds. The number of rotatable bonds is 16. The van der Waals surface area contributed by atoms with Gasteiger partial charge in [0.05, 0.1) is 49.2 Å². The van der Waals surface area contributed by atoms with E-state index in [0.717, 1.165) is 107 Å². The molecule has 0 radical (unpaired) electrons. The number of anilines is 3. The number of aromatic amines is 2. The predicted octanol–water partition coefficient (Wildman–Crippen LogP) is 9.88. The Kier molecular flexibility index (Phi) is 15.0. The molecule has 19 nitrogen and oxygen atoms in total. The Hall–Kier alpha value is -7.20. The third-order valence-electron chi connectivity index (χ3n) is 18.0. The van der Waals surface area contributed by atoms with Gasteiger partial charge in [0.25, 0.3) is 21.8 Å². The number of carbonyl (C=O) groups excluding carboxylic acids is 1. The summed E-state index contributed by atoms with van der Waals surface area (Å²) in [4.78, 5) is 41.2. The highest BCUT2D eigenvalue weighted by molar-refractivity contribution is 7.90. The number of halogens is 1. The number of nitrogens with zero attached hydrogens (tertiary/aromatic N) is 6. The van der Waals surface area contributed by atoms with Crippen LogP contribution in [0.3, 0.4) is 0 Å². The van der Waals surface area contributed by atoms with Crippen LogP contribution < -0.4 is 39.2 Å². The molecule has 82 heavy (non-hydrogen) atoms. The summed E-state index contributed by atoms with van der Waals surface area (Å²) in [5, 5.41) is 17.5. The number of hydrogen-bond acceptors (Lipinski definition) is 16. The topological polar surface area (TPSA) is 224 Å². The summed E-state index contributed by atoms with van der Waals surface area (Å²) in [5.74, 6) is 1.14. The Bertz CT molecular complexity index is 3620. The van der Waals surface area contributed by atoms with Gasteiger partial charge in [-0.3, -0.25) is 14.6 Å². The number of methoxy groups -OCH3 is 2. The van der Waals surface area contributed by atoms with Crippen LogP contribution in [-0.2, 0) is 16.6 Å². The monoisotopic (exact) mass is 1140 g/mol. The number of piperazine rings is 1. The average Bonchev–Trinajstić information content (AvgIpc) is 4.18.